The Hall–Kier alpha value is -3.95. The average molecular weight is 454 g/mol. The summed E-state index contributed by atoms with van der Waals surface area (Å²) in [6.07, 6.45) is 2.74. The summed E-state index contributed by atoms with van der Waals surface area (Å²) in [5, 5.41) is 14.6. The first-order valence-corrected chi connectivity index (χ1v) is 10.7. The zero-order chi connectivity index (χ0) is 24.0. The lowest BCUT2D eigenvalue weighted by Gasteiger charge is -2.15. The minimum absolute atomic E-state index is 0.0439. The van der Waals surface area contributed by atoms with Crippen molar-refractivity contribution in [3.05, 3.63) is 62.7 Å². The molecule has 0 aliphatic carbocycles. The van der Waals surface area contributed by atoms with E-state index in [1.165, 1.54) is 18.5 Å². The van der Waals surface area contributed by atoms with E-state index in [1.54, 1.807) is 12.1 Å². The summed E-state index contributed by atoms with van der Waals surface area (Å²) in [7, 11) is 0. The molecule has 0 unspecified atom stereocenters. The normalized spacial score (nSPS) is 10.8. The molecule has 0 spiro atoms. The zero-order valence-electron chi connectivity index (χ0n) is 18.8. The molecule has 0 bridgehead atoms. The Kier molecular flexibility index (Phi) is 7.60. The quantitative estimate of drug-likeness (QED) is 0.364. The summed E-state index contributed by atoms with van der Waals surface area (Å²) >= 11 is 0. The van der Waals surface area contributed by atoms with E-state index in [2.05, 4.69) is 10.3 Å². The highest BCUT2D eigenvalue weighted by Crippen LogP contribution is 2.38. The van der Waals surface area contributed by atoms with Gasteiger partial charge in [-0.1, -0.05) is 26.0 Å². The van der Waals surface area contributed by atoms with Gasteiger partial charge in [0.05, 0.1) is 41.4 Å². The number of carbonyl (C=O) groups is 1. The van der Waals surface area contributed by atoms with Gasteiger partial charge in [-0.05, 0) is 31.4 Å². The molecule has 0 aliphatic rings. The minimum atomic E-state index is -0.613. The highest BCUT2D eigenvalue weighted by atomic mass is 16.6. The standard InChI is InChI=1S/C23H26N4O6/c1-4-9-32-19-11-17(18(27(30)31)12-20(19)33-10-5-2)25-21(28)13-26-14-24-22-15(3)7-6-8-16(22)23(26)29/h6-8,11-12,14H,4-5,9-10,13H2,1-3H3,(H,25,28). The molecule has 0 saturated heterocycles. The Morgan fingerprint density at radius 3 is 2.45 bits per heavy atom. The van der Waals surface area contributed by atoms with Gasteiger partial charge in [-0.3, -0.25) is 24.3 Å². The Bertz CT molecular complexity index is 1240. The molecule has 0 saturated carbocycles. The van der Waals surface area contributed by atoms with Crippen LogP contribution in [-0.4, -0.2) is 33.6 Å². The number of aryl methyl sites for hydroxylation is 1. The monoisotopic (exact) mass is 454 g/mol. The van der Waals surface area contributed by atoms with Gasteiger partial charge in [-0.15, -0.1) is 0 Å². The third-order valence-electron chi connectivity index (χ3n) is 4.83. The maximum absolute atomic E-state index is 12.8. The number of hydrogen-bond donors (Lipinski definition) is 1. The van der Waals surface area contributed by atoms with Crippen LogP contribution < -0.4 is 20.3 Å². The van der Waals surface area contributed by atoms with Gasteiger partial charge in [0.15, 0.2) is 11.5 Å². The van der Waals surface area contributed by atoms with Crippen LogP contribution in [0, 0.1) is 17.0 Å². The van der Waals surface area contributed by atoms with E-state index < -0.39 is 10.8 Å². The lowest BCUT2D eigenvalue weighted by Crippen LogP contribution is -2.28. The van der Waals surface area contributed by atoms with Crippen LogP contribution in [0.5, 0.6) is 11.5 Å². The molecule has 10 heteroatoms. The molecule has 2 aromatic carbocycles. The van der Waals surface area contributed by atoms with Gasteiger partial charge in [0.2, 0.25) is 5.91 Å². The highest BCUT2D eigenvalue weighted by molar-refractivity contribution is 5.94. The Morgan fingerprint density at radius 1 is 1.15 bits per heavy atom. The molecular formula is C23H26N4O6. The number of amides is 1. The number of fused-ring (bicyclic) bond motifs is 1. The number of rotatable bonds is 10. The fraction of sp³-hybridized carbons (Fsp3) is 0.348. The molecule has 33 heavy (non-hydrogen) atoms. The van der Waals surface area contributed by atoms with Gasteiger partial charge < -0.3 is 14.8 Å². The van der Waals surface area contributed by atoms with E-state index in [-0.39, 0.29) is 29.2 Å². The van der Waals surface area contributed by atoms with Crippen molar-refractivity contribution in [2.45, 2.75) is 40.2 Å². The van der Waals surface area contributed by atoms with Gasteiger partial charge >= 0.3 is 0 Å². The maximum atomic E-state index is 12.8. The van der Waals surface area contributed by atoms with Gasteiger partial charge in [0, 0.05) is 6.07 Å². The number of ether oxygens (including phenoxy) is 2. The van der Waals surface area contributed by atoms with Crippen LogP contribution in [0.1, 0.15) is 32.3 Å². The summed E-state index contributed by atoms with van der Waals surface area (Å²) in [5.74, 6) is -0.0794. The van der Waals surface area contributed by atoms with Crippen molar-refractivity contribution >= 4 is 28.2 Å². The lowest BCUT2D eigenvalue weighted by molar-refractivity contribution is -0.384. The van der Waals surface area contributed by atoms with E-state index in [0.717, 1.165) is 16.6 Å². The van der Waals surface area contributed by atoms with Gasteiger partial charge in [0.25, 0.3) is 11.2 Å². The predicted octanol–water partition coefficient (Wildman–Crippen LogP) is 3.83. The SMILES string of the molecule is CCCOc1cc(NC(=O)Cn2cnc3c(C)cccc3c2=O)c([N+](=O)[O-])cc1OCCC. The summed E-state index contributed by atoms with van der Waals surface area (Å²) < 4.78 is 12.4. The number of anilines is 1. The van der Waals surface area contributed by atoms with Crippen molar-refractivity contribution < 1.29 is 19.2 Å². The van der Waals surface area contributed by atoms with Crippen LogP contribution in [0.2, 0.25) is 0 Å². The number of hydrogen-bond acceptors (Lipinski definition) is 7. The second-order valence-corrected chi connectivity index (χ2v) is 7.47. The van der Waals surface area contributed by atoms with Crippen molar-refractivity contribution in [2.24, 2.45) is 0 Å². The smallest absolute Gasteiger partial charge is 0.296 e. The first kappa shape index (κ1) is 23.7. The molecule has 174 valence electrons. The predicted molar refractivity (Wildman–Crippen MR) is 124 cm³/mol. The van der Waals surface area contributed by atoms with E-state index in [1.807, 2.05) is 26.8 Å². The van der Waals surface area contributed by atoms with Crippen molar-refractivity contribution in [1.29, 1.82) is 0 Å². The second-order valence-electron chi connectivity index (χ2n) is 7.47. The maximum Gasteiger partial charge on any atom is 0.296 e. The van der Waals surface area contributed by atoms with E-state index in [4.69, 9.17) is 9.47 Å². The third-order valence-corrected chi connectivity index (χ3v) is 4.83. The van der Waals surface area contributed by atoms with Crippen LogP contribution >= 0.6 is 0 Å². The van der Waals surface area contributed by atoms with E-state index in [0.29, 0.717) is 36.3 Å². The molecule has 1 N–H and O–H groups in total. The highest BCUT2D eigenvalue weighted by Gasteiger charge is 2.22. The van der Waals surface area contributed by atoms with Crippen molar-refractivity contribution in [3.63, 3.8) is 0 Å². The topological polar surface area (TPSA) is 126 Å². The summed E-state index contributed by atoms with van der Waals surface area (Å²) in [4.78, 5) is 40.8. The number of aromatic nitrogens is 2. The lowest BCUT2D eigenvalue weighted by atomic mass is 10.1. The third kappa shape index (κ3) is 5.46. The fourth-order valence-corrected chi connectivity index (χ4v) is 3.24. The molecule has 3 aromatic rings. The number of nitro groups is 1. The first-order chi connectivity index (χ1) is 15.8. The molecule has 3 rings (SSSR count). The number of nitrogens with zero attached hydrogens (tertiary/aromatic N) is 3. The van der Waals surface area contributed by atoms with Crippen molar-refractivity contribution in [3.8, 4) is 11.5 Å². The number of para-hydroxylation sites is 1. The average Bonchev–Trinajstić information content (AvgIpc) is 2.78. The molecular weight excluding hydrogens is 428 g/mol. The fourth-order valence-electron chi connectivity index (χ4n) is 3.24. The van der Waals surface area contributed by atoms with Crippen LogP contribution in [0.15, 0.2) is 41.5 Å². The largest absolute Gasteiger partial charge is 0.490 e. The Balaban J connectivity index is 1.90. The molecule has 0 aliphatic heterocycles. The van der Waals surface area contributed by atoms with Crippen LogP contribution in [0.25, 0.3) is 10.9 Å². The van der Waals surface area contributed by atoms with Gasteiger partial charge in [-0.2, -0.15) is 0 Å². The van der Waals surface area contributed by atoms with Crippen LogP contribution in [0.3, 0.4) is 0 Å². The Labute approximate surface area is 190 Å². The minimum Gasteiger partial charge on any atom is -0.490 e. The van der Waals surface area contributed by atoms with Crippen molar-refractivity contribution in [2.75, 3.05) is 18.5 Å². The second kappa shape index (κ2) is 10.6. The first-order valence-electron chi connectivity index (χ1n) is 10.7. The Morgan fingerprint density at radius 2 is 1.82 bits per heavy atom. The van der Waals surface area contributed by atoms with E-state index >= 15 is 0 Å². The van der Waals surface area contributed by atoms with Crippen LogP contribution in [-0.2, 0) is 11.3 Å². The number of nitrogens with one attached hydrogen (secondary N) is 1. The number of benzene rings is 2. The van der Waals surface area contributed by atoms with E-state index in [9.17, 15) is 19.7 Å². The molecule has 0 atom stereocenters. The summed E-state index contributed by atoms with van der Waals surface area (Å²) in [5.41, 5.74) is 0.663. The van der Waals surface area contributed by atoms with Gasteiger partial charge in [0.1, 0.15) is 12.2 Å². The molecule has 10 nitrogen and oxygen atoms in total. The molecule has 1 aromatic heterocycles. The summed E-state index contributed by atoms with van der Waals surface area (Å²) in [6, 6.07) is 7.85. The number of nitro benzene ring substituents is 1. The zero-order valence-corrected chi connectivity index (χ0v) is 18.8. The molecule has 1 amide bonds. The van der Waals surface area contributed by atoms with Gasteiger partial charge in [-0.25, -0.2) is 4.98 Å². The number of carbonyl (C=O) groups excluding carboxylic acids is 1. The summed E-state index contributed by atoms with van der Waals surface area (Å²) in [6.45, 7) is 6.08. The van der Waals surface area contributed by atoms with Crippen molar-refractivity contribution in [1.82, 2.24) is 9.55 Å². The molecule has 0 radical (unpaired) electrons. The molecule has 0 fully saturated rings. The van der Waals surface area contributed by atoms with Crippen LogP contribution in [0.4, 0.5) is 11.4 Å². The molecule has 1 heterocycles.